The highest BCUT2D eigenvalue weighted by molar-refractivity contribution is 7.89. The van der Waals surface area contributed by atoms with Gasteiger partial charge in [0.25, 0.3) is 10.0 Å². The van der Waals surface area contributed by atoms with Crippen LogP contribution in [0.2, 0.25) is 10.0 Å². The summed E-state index contributed by atoms with van der Waals surface area (Å²) in [5.74, 6) is -0.730. The van der Waals surface area contributed by atoms with Gasteiger partial charge in [0.1, 0.15) is 5.82 Å². The van der Waals surface area contributed by atoms with E-state index in [-0.39, 0.29) is 35.9 Å². The number of aryl methyl sites for hydroxylation is 1. The van der Waals surface area contributed by atoms with E-state index in [4.69, 9.17) is 23.2 Å². The van der Waals surface area contributed by atoms with Crippen LogP contribution < -0.4 is 5.32 Å². The highest BCUT2D eigenvalue weighted by Crippen LogP contribution is 2.33. The molecule has 0 radical (unpaired) electrons. The topological polar surface area (TPSA) is 67.2 Å². The second-order valence-electron chi connectivity index (χ2n) is 7.55. The van der Waals surface area contributed by atoms with Crippen molar-refractivity contribution in [3.63, 3.8) is 0 Å². The van der Waals surface area contributed by atoms with Gasteiger partial charge < -0.3 is 9.88 Å². The highest BCUT2D eigenvalue weighted by Gasteiger charge is 2.41. The number of rotatable bonds is 6. The molecule has 0 unspecified atom stereocenters. The zero-order valence-corrected chi connectivity index (χ0v) is 19.0. The standard InChI is InChI=1S/C21H21Cl2FN4O2S/c1-27-12-21(26-13-27)31(29,30)28-10-17(16-4-2-3-5-19(16)24)20(11-28)25-9-14-6-7-15(22)8-18(14)23/h2-8,12-13,17,20,25H,9-11H2,1H3/t17-,20+/m1/s1. The molecule has 1 fully saturated rings. The monoisotopic (exact) mass is 482 g/mol. The molecule has 1 aliphatic rings. The molecule has 2 heterocycles. The summed E-state index contributed by atoms with van der Waals surface area (Å²) in [7, 11) is -2.10. The summed E-state index contributed by atoms with van der Waals surface area (Å²) >= 11 is 12.2. The molecule has 0 saturated carbocycles. The lowest BCUT2D eigenvalue weighted by Crippen LogP contribution is -2.36. The van der Waals surface area contributed by atoms with Crippen molar-refractivity contribution in [2.24, 2.45) is 7.05 Å². The van der Waals surface area contributed by atoms with Crippen molar-refractivity contribution in [2.75, 3.05) is 13.1 Å². The van der Waals surface area contributed by atoms with E-state index in [1.807, 2.05) is 6.07 Å². The molecule has 1 aromatic heterocycles. The predicted molar refractivity (Wildman–Crippen MR) is 118 cm³/mol. The molecular weight excluding hydrogens is 462 g/mol. The van der Waals surface area contributed by atoms with Gasteiger partial charge in [0.05, 0.1) is 6.33 Å². The van der Waals surface area contributed by atoms with Gasteiger partial charge >= 0.3 is 0 Å². The van der Waals surface area contributed by atoms with Crippen LogP contribution in [-0.4, -0.2) is 41.4 Å². The number of aromatic nitrogens is 2. The van der Waals surface area contributed by atoms with Crippen LogP contribution in [0.3, 0.4) is 0 Å². The maximum Gasteiger partial charge on any atom is 0.262 e. The molecule has 0 aliphatic carbocycles. The van der Waals surface area contributed by atoms with Crippen molar-refractivity contribution in [3.8, 4) is 0 Å². The fourth-order valence-electron chi connectivity index (χ4n) is 3.82. The Balaban J connectivity index is 1.61. The van der Waals surface area contributed by atoms with Crippen LogP contribution >= 0.6 is 23.2 Å². The molecule has 0 amide bonds. The smallest absolute Gasteiger partial charge is 0.262 e. The van der Waals surface area contributed by atoms with E-state index in [0.29, 0.717) is 22.2 Å². The number of halogens is 3. The number of sulfonamides is 1. The van der Waals surface area contributed by atoms with E-state index in [2.05, 4.69) is 10.3 Å². The van der Waals surface area contributed by atoms with Crippen LogP contribution in [0.4, 0.5) is 4.39 Å². The fourth-order valence-corrected chi connectivity index (χ4v) is 5.76. The van der Waals surface area contributed by atoms with Crippen molar-refractivity contribution >= 4 is 33.2 Å². The highest BCUT2D eigenvalue weighted by atomic mass is 35.5. The molecule has 0 bridgehead atoms. The summed E-state index contributed by atoms with van der Waals surface area (Å²) < 4.78 is 43.8. The lowest BCUT2D eigenvalue weighted by Gasteiger charge is -2.21. The fraction of sp³-hybridized carbons (Fsp3) is 0.286. The molecule has 0 spiro atoms. The normalized spacial score (nSPS) is 19.7. The summed E-state index contributed by atoms with van der Waals surface area (Å²) in [4.78, 5) is 3.99. The van der Waals surface area contributed by atoms with E-state index < -0.39 is 10.0 Å². The Morgan fingerprint density at radius 1 is 1.19 bits per heavy atom. The first kappa shape index (κ1) is 22.2. The van der Waals surface area contributed by atoms with Crippen molar-refractivity contribution in [1.29, 1.82) is 0 Å². The van der Waals surface area contributed by atoms with Crippen LogP contribution in [0.1, 0.15) is 17.0 Å². The van der Waals surface area contributed by atoms with Crippen molar-refractivity contribution < 1.29 is 12.8 Å². The molecule has 31 heavy (non-hydrogen) atoms. The maximum atomic E-state index is 14.6. The maximum absolute atomic E-state index is 14.6. The minimum absolute atomic E-state index is 0.0244. The molecule has 1 N–H and O–H groups in total. The molecule has 1 aliphatic heterocycles. The Kier molecular flexibility index (Phi) is 6.37. The Bertz CT molecular complexity index is 1200. The molecule has 2 aromatic carbocycles. The van der Waals surface area contributed by atoms with E-state index in [9.17, 15) is 12.8 Å². The lowest BCUT2D eigenvalue weighted by atomic mass is 9.93. The van der Waals surface area contributed by atoms with Crippen LogP contribution in [0.5, 0.6) is 0 Å². The van der Waals surface area contributed by atoms with Gasteiger partial charge in [-0.15, -0.1) is 0 Å². The summed E-state index contributed by atoms with van der Waals surface area (Å²) in [5, 5.41) is 4.39. The van der Waals surface area contributed by atoms with Crippen molar-refractivity contribution in [3.05, 3.63) is 82.0 Å². The first-order valence-corrected chi connectivity index (χ1v) is 11.8. The Hall–Kier alpha value is -1.97. The van der Waals surface area contributed by atoms with Gasteiger partial charge in [-0.3, -0.25) is 0 Å². The Labute approximate surface area is 190 Å². The number of benzene rings is 2. The summed E-state index contributed by atoms with van der Waals surface area (Å²) in [6, 6.07) is 11.3. The van der Waals surface area contributed by atoms with Crippen LogP contribution in [0.25, 0.3) is 0 Å². The van der Waals surface area contributed by atoms with Gasteiger partial charge in [0.15, 0.2) is 5.03 Å². The molecule has 6 nitrogen and oxygen atoms in total. The van der Waals surface area contributed by atoms with Gasteiger partial charge in [0.2, 0.25) is 0 Å². The molecule has 10 heteroatoms. The van der Waals surface area contributed by atoms with E-state index in [0.717, 1.165) is 5.56 Å². The van der Waals surface area contributed by atoms with Gasteiger partial charge in [0, 0.05) is 54.9 Å². The first-order chi connectivity index (χ1) is 14.8. The molecule has 1 saturated heterocycles. The van der Waals surface area contributed by atoms with Crippen molar-refractivity contribution in [2.45, 2.75) is 23.5 Å². The molecule has 2 atom stereocenters. The van der Waals surface area contributed by atoms with E-state index in [1.165, 1.54) is 22.9 Å². The van der Waals surface area contributed by atoms with E-state index in [1.54, 1.807) is 41.9 Å². The first-order valence-electron chi connectivity index (χ1n) is 9.65. The second kappa shape index (κ2) is 8.88. The zero-order chi connectivity index (χ0) is 22.2. The average Bonchev–Trinajstić information content (AvgIpc) is 3.35. The summed E-state index contributed by atoms with van der Waals surface area (Å²) in [6.45, 7) is 0.720. The molecule has 164 valence electrons. The molecule has 4 rings (SSSR count). The van der Waals surface area contributed by atoms with Gasteiger partial charge in [-0.2, -0.15) is 4.31 Å². The van der Waals surface area contributed by atoms with Crippen molar-refractivity contribution in [1.82, 2.24) is 19.2 Å². The number of nitrogens with one attached hydrogen (secondary N) is 1. The summed E-state index contributed by atoms with van der Waals surface area (Å²) in [5.41, 5.74) is 1.30. The third-order valence-electron chi connectivity index (χ3n) is 5.45. The van der Waals surface area contributed by atoms with E-state index >= 15 is 0 Å². The second-order valence-corrected chi connectivity index (χ2v) is 10.3. The van der Waals surface area contributed by atoms with Crippen LogP contribution in [0.15, 0.2) is 60.0 Å². The predicted octanol–water partition coefficient (Wildman–Crippen LogP) is 3.81. The largest absolute Gasteiger partial charge is 0.339 e. The van der Waals surface area contributed by atoms with Gasteiger partial charge in [-0.05, 0) is 29.3 Å². The number of hydrogen-bond donors (Lipinski definition) is 1. The Morgan fingerprint density at radius 2 is 1.97 bits per heavy atom. The minimum Gasteiger partial charge on any atom is -0.339 e. The molecular formula is C21H21Cl2FN4O2S. The van der Waals surface area contributed by atoms with Crippen LogP contribution in [-0.2, 0) is 23.6 Å². The molecule has 3 aromatic rings. The average molecular weight is 483 g/mol. The zero-order valence-electron chi connectivity index (χ0n) is 16.7. The third kappa shape index (κ3) is 4.63. The SMILES string of the molecule is Cn1cnc(S(=O)(=O)N2C[C@H](NCc3ccc(Cl)cc3Cl)[C@@H](c3ccccc3F)C2)c1. The quantitative estimate of drug-likeness (QED) is 0.579. The van der Waals surface area contributed by atoms with Crippen LogP contribution in [0, 0.1) is 5.82 Å². The van der Waals surface area contributed by atoms with Gasteiger partial charge in [-0.25, -0.2) is 17.8 Å². The lowest BCUT2D eigenvalue weighted by molar-refractivity contribution is 0.453. The minimum atomic E-state index is -3.81. The number of imidazole rings is 1. The number of nitrogens with zero attached hydrogens (tertiary/aromatic N) is 3. The summed E-state index contributed by atoms with van der Waals surface area (Å²) in [6.07, 6.45) is 2.90. The Morgan fingerprint density at radius 3 is 2.65 bits per heavy atom. The third-order valence-corrected chi connectivity index (χ3v) is 7.75. The van der Waals surface area contributed by atoms with Gasteiger partial charge in [-0.1, -0.05) is 47.5 Å². The number of hydrogen-bond acceptors (Lipinski definition) is 4.